The molecule has 1 heterocycles. The van der Waals surface area contributed by atoms with E-state index in [1.165, 1.54) is 5.56 Å². The molecule has 0 aromatic heterocycles. The van der Waals surface area contributed by atoms with Gasteiger partial charge in [0.2, 0.25) is 0 Å². The van der Waals surface area contributed by atoms with E-state index >= 15 is 0 Å². The number of hydrogen-bond donors (Lipinski definition) is 2. The SMILES string of the molecule is N=C(N)N1Cc2cccc(Cl)c2C1. The van der Waals surface area contributed by atoms with Crippen LogP contribution in [-0.4, -0.2) is 10.9 Å². The van der Waals surface area contributed by atoms with Crippen LogP contribution >= 0.6 is 11.6 Å². The van der Waals surface area contributed by atoms with E-state index in [0.29, 0.717) is 13.1 Å². The van der Waals surface area contributed by atoms with Crippen LogP contribution < -0.4 is 5.73 Å². The Bertz CT molecular complexity index is 362. The van der Waals surface area contributed by atoms with Gasteiger partial charge in [0.25, 0.3) is 0 Å². The Labute approximate surface area is 81.6 Å². The number of rotatable bonds is 0. The van der Waals surface area contributed by atoms with Gasteiger partial charge in [-0.05, 0) is 17.2 Å². The van der Waals surface area contributed by atoms with E-state index < -0.39 is 0 Å². The number of nitrogens with two attached hydrogens (primary N) is 1. The Morgan fingerprint density at radius 3 is 2.85 bits per heavy atom. The van der Waals surface area contributed by atoms with Crippen molar-refractivity contribution in [1.82, 2.24) is 4.90 Å². The molecule has 0 atom stereocenters. The van der Waals surface area contributed by atoms with Crippen LogP contribution in [0, 0.1) is 5.41 Å². The molecule has 0 fully saturated rings. The molecule has 0 radical (unpaired) electrons. The molecule has 0 amide bonds. The summed E-state index contributed by atoms with van der Waals surface area (Å²) in [6.45, 7) is 1.36. The van der Waals surface area contributed by atoms with Crippen LogP contribution in [0.15, 0.2) is 18.2 Å². The Morgan fingerprint density at radius 1 is 1.46 bits per heavy atom. The zero-order valence-electron chi connectivity index (χ0n) is 7.05. The van der Waals surface area contributed by atoms with Crippen molar-refractivity contribution in [3.63, 3.8) is 0 Å². The fraction of sp³-hybridized carbons (Fsp3) is 0.222. The van der Waals surface area contributed by atoms with Crippen LogP contribution in [0.3, 0.4) is 0 Å². The van der Waals surface area contributed by atoms with Crippen molar-refractivity contribution < 1.29 is 0 Å². The van der Waals surface area contributed by atoms with Crippen molar-refractivity contribution in [2.24, 2.45) is 5.73 Å². The van der Waals surface area contributed by atoms with Gasteiger partial charge in [0.05, 0.1) is 0 Å². The molecule has 0 bridgehead atoms. The standard InChI is InChI=1S/C9H10ClN3/c10-8-3-1-2-6-4-13(9(11)12)5-7(6)8/h1-3H,4-5H2,(H3,11,12). The van der Waals surface area contributed by atoms with Crippen LogP contribution in [0.1, 0.15) is 11.1 Å². The first kappa shape index (κ1) is 8.38. The molecule has 1 aromatic carbocycles. The second kappa shape index (κ2) is 2.92. The molecular weight excluding hydrogens is 186 g/mol. The predicted octanol–water partition coefficient (Wildman–Crippen LogP) is 1.55. The molecule has 3 nitrogen and oxygen atoms in total. The van der Waals surface area contributed by atoms with Crippen LogP contribution in [0.2, 0.25) is 5.02 Å². The highest BCUT2D eigenvalue weighted by Gasteiger charge is 2.21. The lowest BCUT2D eigenvalue weighted by molar-refractivity contribution is 0.439. The highest BCUT2D eigenvalue weighted by Crippen LogP contribution is 2.28. The Hall–Kier alpha value is -1.22. The molecule has 1 aromatic rings. The summed E-state index contributed by atoms with van der Waals surface area (Å²) in [5.74, 6) is 0.104. The highest BCUT2D eigenvalue weighted by atomic mass is 35.5. The third kappa shape index (κ3) is 1.35. The van der Waals surface area contributed by atoms with Gasteiger partial charge in [-0.25, -0.2) is 0 Å². The van der Waals surface area contributed by atoms with Gasteiger partial charge in [-0.2, -0.15) is 0 Å². The van der Waals surface area contributed by atoms with Gasteiger partial charge in [-0.1, -0.05) is 23.7 Å². The summed E-state index contributed by atoms with van der Waals surface area (Å²) >= 11 is 6.00. The summed E-state index contributed by atoms with van der Waals surface area (Å²) in [6.07, 6.45) is 0. The minimum Gasteiger partial charge on any atom is -0.370 e. The maximum atomic E-state index is 7.30. The van der Waals surface area contributed by atoms with E-state index in [-0.39, 0.29) is 5.96 Å². The normalized spacial score (nSPS) is 14.4. The Balaban J connectivity index is 2.35. The Kier molecular flexibility index (Phi) is 1.88. The molecule has 0 aliphatic carbocycles. The minimum absolute atomic E-state index is 0.104. The topological polar surface area (TPSA) is 53.1 Å². The molecule has 2 rings (SSSR count). The summed E-state index contributed by atoms with van der Waals surface area (Å²) in [5.41, 5.74) is 7.66. The van der Waals surface area contributed by atoms with Gasteiger partial charge >= 0.3 is 0 Å². The van der Waals surface area contributed by atoms with Crippen LogP contribution in [0.25, 0.3) is 0 Å². The van der Waals surface area contributed by atoms with Crippen LogP contribution in [0.5, 0.6) is 0 Å². The minimum atomic E-state index is 0.104. The maximum Gasteiger partial charge on any atom is 0.188 e. The zero-order valence-corrected chi connectivity index (χ0v) is 7.80. The lowest BCUT2D eigenvalue weighted by Gasteiger charge is -2.13. The molecule has 1 aliphatic rings. The van der Waals surface area contributed by atoms with E-state index in [2.05, 4.69) is 0 Å². The summed E-state index contributed by atoms with van der Waals surface area (Å²) < 4.78 is 0. The smallest absolute Gasteiger partial charge is 0.188 e. The highest BCUT2D eigenvalue weighted by molar-refractivity contribution is 6.31. The van der Waals surface area contributed by atoms with Gasteiger partial charge in [0.1, 0.15) is 0 Å². The summed E-state index contributed by atoms with van der Waals surface area (Å²) in [6, 6.07) is 5.80. The average molecular weight is 196 g/mol. The quantitative estimate of drug-likeness (QED) is 0.488. The number of hydrogen-bond acceptors (Lipinski definition) is 1. The van der Waals surface area contributed by atoms with Crippen LogP contribution in [-0.2, 0) is 13.1 Å². The number of nitrogens with zero attached hydrogens (tertiary/aromatic N) is 1. The molecule has 3 N–H and O–H groups in total. The number of nitrogens with one attached hydrogen (secondary N) is 1. The number of halogens is 1. The molecule has 4 heteroatoms. The van der Waals surface area contributed by atoms with Gasteiger partial charge in [0.15, 0.2) is 5.96 Å². The largest absolute Gasteiger partial charge is 0.370 e. The second-order valence-electron chi connectivity index (χ2n) is 3.12. The van der Waals surface area contributed by atoms with Crippen molar-refractivity contribution in [2.75, 3.05) is 0 Å². The molecule has 68 valence electrons. The summed E-state index contributed by atoms with van der Waals surface area (Å²) in [4.78, 5) is 1.79. The Morgan fingerprint density at radius 2 is 2.23 bits per heavy atom. The first-order chi connectivity index (χ1) is 6.18. The maximum absolute atomic E-state index is 7.30. The molecule has 0 spiro atoms. The summed E-state index contributed by atoms with van der Waals surface area (Å²) in [5, 5.41) is 8.06. The third-order valence-corrected chi connectivity index (χ3v) is 2.62. The number of guanidine groups is 1. The van der Waals surface area contributed by atoms with Gasteiger partial charge < -0.3 is 10.6 Å². The second-order valence-corrected chi connectivity index (χ2v) is 3.53. The molecule has 0 saturated heterocycles. The first-order valence-corrected chi connectivity index (χ1v) is 4.41. The fourth-order valence-electron chi connectivity index (χ4n) is 1.55. The predicted molar refractivity (Wildman–Crippen MR) is 52.6 cm³/mol. The van der Waals surface area contributed by atoms with Gasteiger partial charge in [-0.3, -0.25) is 5.41 Å². The summed E-state index contributed by atoms with van der Waals surface area (Å²) in [7, 11) is 0. The molecule has 0 saturated carbocycles. The van der Waals surface area contributed by atoms with E-state index in [4.69, 9.17) is 22.7 Å². The lowest BCUT2D eigenvalue weighted by atomic mass is 10.1. The zero-order chi connectivity index (χ0) is 9.42. The number of benzene rings is 1. The van der Waals surface area contributed by atoms with E-state index in [1.807, 2.05) is 18.2 Å². The fourth-order valence-corrected chi connectivity index (χ4v) is 1.81. The monoisotopic (exact) mass is 195 g/mol. The van der Waals surface area contributed by atoms with Crippen molar-refractivity contribution in [3.8, 4) is 0 Å². The molecule has 0 unspecified atom stereocenters. The van der Waals surface area contributed by atoms with Crippen molar-refractivity contribution in [2.45, 2.75) is 13.1 Å². The van der Waals surface area contributed by atoms with Gasteiger partial charge in [0, 0.05) is 18.1 Å². The average Bonchev–Trinajstić information content (AvgIpc) is 2.49. The van der Waals surface area contributed by atoms with Crippen molar-refractivity contribution in [3.05, 3.63) is 34.3 Å². The molecule has 13 heavy (non-hydrogen) atoms. The van der Waals surface area contributed by atoms with Crippen LogP contribution in [0.4, 0.5) is 0 Å². The molecular formula is C9H10ClN3. The van der Waals surface area contributed by atoms with Crippen molar-refractivity contribution in [1.29, 1.82) is 5.41 Å². The first-order valence-electron chi connectivity index (χ1n) is 4.03. The number of fused-ring (bicyclic) bond motifs is 1. The third-order valence-electron chi connectivity index (χ3n) is 2.27. The van der Waals surface area contributed by atoms with E-state index in [1.54, 1.807) is 4.90 Å². The molecule has 1 aliphatic heterocycles. The van der Waals surface area contributed by atoms with Gasteiger partial charge in [-0.15, -0.1) is 0 Å². The van der Waals surface area contributed by atoms with E-state index in [9.17, 15) is 0 Å². The van der Waals surface area contributed by atoms with Crippen molar-refractivity contribution >= 4 is 17.6 Å². The lowest BCUT2D eigenvalue weighted by Crippen LogP contribution is -2.31. The van der Waals surface area contributed by atoms with E-state index in [0.717, 1.165) is 10.6 Å².